The number of rotatable bonds is 3. The third-order valence-electron chi connectivity index (χ3n) is 1.83. The molecule has 1 radical (unpaired) electrons. The van der Waals surface area contributed by atoms with E-state index in [9.17, 15) is 13.2 Å². The molecule has 0 saturated carbocycles. The number of alkyl halides is 3. The first-order valence-electron chi connectivity index (χ1n) is 3.92. The highest BCUT2D eigenvalue weighted by atomic mass is 19.3. The van der Waals surface area contributed by atoms with E-state index in [2.05, 4.69) is 0 Å². The van der Waals surface area contributed by atoms with Gasteiger partial charge in [-0.3, -0.25) is 4.39 Å². The molecule has 3 heteroatoms. The van der Waals surface area contributed by atoms with Gasteiger partial charge in [0.15, 0.2) is 0 Å². The van der Waals surface area contributed by atoms with Gasteiger partial charge in [0.2, 0.25) is 0 Å². The Bertz CT molecular complexity index is 271. The number of hydrogen-bond acceptors (Lipinski definition) is 0. The van der Waals surface area contributed by atoms with Gasteiger partial charge in [-0.1, -0.05) is 25.1 Å². The molecule has 1 aromatic rings. The lowest BCUT2D eigenvalue weighted by atomic mass is 10.0. The molecule has 0 aliphatic rings. The zero-order chi connectivity index (χ0) is 9.84. The average Bonchev–Trinajstić information content (AvgIpc) is 2.17. The minimum absolute atomic E-state index is 0.0645. The Morgan fingerprint density at radius 3 is 2.62 bits per heavy atom. The van der Waals surface area contributed by atoms with Gasteiger partial charge in [0.1, 0.15) is 0 Å². The van der Waals surface area contributed by atoms with Gasteiger partial charge >= 0.3 is 0 Å². The smallest absolute Gasteiger partial charge is 0.250 e. The van der Waals surface area contributed by atoms with E-state index in [1.165, 1.54) is 18.2 Å². The quantitative estimate of drug-likeness (QED) is 0.679. The SMILES string of the molecule is C[C](CF)c1cccc(C(F)F)c1. The molecule has 13 heavy (non-hydrogen) atoms. The maximum absolute atomic E-state index is 12.2. The van der Waals surface area contributed by atoms with Crippen molar-refractivity contribution in [2.24, 2.45) is 0 Å². The predicted molar refractivity (Wildman–Crippen MR) is 45.4 cm³/mol. The molecule has 0 atom stereocenters. The van der Waals surface area contributed by atoms with E-state index < -0.39 is 13.1 Å². The van der Waals surface area contributed by atoms with E-state index in [0.29, 0.717) is 11.5 Å². The second kappa shape index (κ2) is 4.30. The van der Waals surface area contributed by atoms with Crippen molar-refractivity contribution in [1.82, 2.24) is 0 Å². The molecule has 0 amide bonds. The van der Waals surface area contributed by atoms with Crippen molar-refractivity contribution in [3.8, 4) is 0 Å². The second-order valence-electron chi connectivity index (χ2n) is 2.84. The van der Waals surface area contributed by atoms with Gasteiger partial charge in [0.05, 0.1) is 6.67 Å². The molecule has 0 aliphatic carbocycles. The summed E-state index contributed by atoms with van der Waals surface area (Å²) in [6.07, 6.45) is -2.49. The van der Waals surface area contributed by atoms with Gasteiger partial charge < -0.3 is 0 Å². The molecule has 1 rings (SSSR count). The Kier molecular flexibility index (Phi) is 3.34. The lowest BCUT2D eigenvalue weighted by Crippen LogP contribution is -1.97. The third kappa shape index (κ3) is 2.47. The van der Waals surface area contributed by atoms with Crippen LogP contribution in [-0.2, 0) is 0 Å². The average molecular weight is 187 g/mol. The first kappa shape index (κ1) is 10.1. The highest BCUT2D eigenvalue weighted by Crippen LogP contribution is 2.22. The van der Waals surface area contributed by atoms with Crippen LogP contribution in [0, 0.1) is 5.92 Å². The van der Waals surface area contributed by atoms with E-state index in [0.717, 1.165) is 0 Å². The summed E-state index contributed by atoms with van der Waals surface area (Å²) in [6.45, 7) is 0.983. The Labute approximate surface area is 75.4 Å². The van der Waals surface area contributed by atoms with Crippen molar-refractivity contribution in [3.05, 3.63) is 41.3 Å². The molecule has 0 aliphatic heterocycles. The lowest BCUT2D eigenvalue weighted by molar-refractivity contribution is 0.151. The summed E-state index contributed by atoms with van der Waals surface area (Å²) in [5.74, 6) is 0.475. The zero-order valence-electron chi connectivity index (χ0n) is 7.23. The molecule has 0 unspecified atom stereocenters. The molecule has 0 heterocycles. The van der Waals surface area contributed by atoms with Crippen molar-refractivity contribution in [2.75, 3.05) is 6.67 Å². The second-order valence-corrected chi connectivity index (χ2v) is 2.84. The summed E-state index contributed by atoms with van der Waals surface area (Å²) in [4.78, 5) is 0. The monoisotopic (exact) mass is 187 g/mol. The van der Waals surface area contributed by atoms with E-state index in [1.54, 1.807) is 13.0 Å². The van der Waals surface area contributed by atoms with Crippen LogP contribution in [0.2, 0.25) is 0 Å². The minimum Gasteiger partial charge on any atom is -0.250 e. The van der Waals surface area contributed by atoms with Crippen LogP contribution in [-0.4, -0.2) is 6.67 Å². The molecular formula is C10H10F3. The van der Waals surface area contributed by atoms with Crippen molar-refractivity contribution >= 4 is 0 Å². The van der Waals surface area contributed by atoms with E-state index in [4.69, 9.17) is 0 Å². The minimum atomic E-state index is -2.49. The van der Waals surface area contributed by atoms with Gasteiger partial charge in [-0.25, -0.2) is 8.78 Å². The van der Waals surface area contributed by atoms with Crippen LogP contribution < -0.4 is 0 Å². The molecule has 0 aromatic heterocycles. The zero-order valence-corrected chi connectivity index (χ0v) is 7.23. The van der Waals surface area contributed by atoms with Crippen LogP contribution in [0.4, 0.5) is 13.2 Å². The molecule has 0 nitrogen and oxygen atoms in total. The third-order valence-corrected chi connectivity index (χ3v) is 1.83. The first-order valence-corrected chi connectivity index (χ1v) is 3.92. The van der Waals surface area contributed by atoms with E-state index >= 15 is 0 Å². The molecule has 1 aromatic carbocycles. The summed E-state index contributed by atoms with van der Waals surface area (Å²) < 4.78 is 36.6. The van der Waals surface area contributed by atoms with Crippen LogP contribution in [0.1, 0.15) is 24.5 Å². The van der Waals surface area contributed by atoms with Gasteiger partial charge in [-0.15, -0.1) is 0 Å². The highest BCUT2D eigenvalue weighted by molar-refractivity contribution is 5.33. The Morgan fingerprint density at radius 1 is 1.38 bits per heavy atom. The largest absolute Gasteiger partial charge is 0.263 e. The Hall–Kier alpha value is -0.990. The number of benzene rings is 1. The molecule has 0 fully saturated rings. The van der Waals surface area contributed by atoms with Crippen molar-refractivity contribution in [2.45, 2.75) is 13.3 Å². The maximum atomic E-state index is 12.2. The van der Waals surface area contributed by atoms with Crippen molar-refractivity contribution < 1.29 is 13.2 Å². The van der Waals surface area contributed by atoms with E-state index in [-0.39, 0.29) is 5.56 Å². The number of hydrogen-bond donors (Lipinski definition) is 0. The van der Waals surface area contributed by atoms with Crippen LogP contribution in [0.25, 0.3) is 0 Å². The molecule has 0 spiro atoms. The fourth-order valence-electron chi connectivity index (χ4n) is 1.02. The lowest BCUT2D eigenvalue weighted by Gasteiger charge is -2.07. The normalized spacial score (nSPS) is 11.2. The number of halogens is 3. The fraction of sp³-hybridized carbons (Fsp3) is 0.300. The summed E-state index contributed by atoms with van der Waals surface area (Å²) in [6, 6.07) is 5.79. The predicted octanol–water partition coefficient (Wildman–Crippen LogP) is 3.54. The van der Waals surface area contributed by atoms with E-state index in [1.807, 2.05) is 0 Å². The topological polar surface area (TPSA) is 0 Å². The maximum Gasteiger partial charge on any atom is 0.263 e. The summed E-state index contributed by atoms with van der Waals surface area (Å²) in [7, 11) is 0. The molecular weight excluding hydrogens is 177 g/mol. The summed E-state index contributed by atoms with van der Waals surface area (Å²) >= 11 is 0. The van der Waals surface area contributed by atoms with Crippen molar-refractivity contribution in [1.29, 1.82) is 0 Å². The molecule has 0 bridgehead atoms. The highest BCUT2D eigenvalue weighted by Gasteiger charge is 2.10. The van der Waals surface area contributed by atoms with Crippen LogP contribution >= 0.6 is 0 Å². The van der Waals surface area contributed by atoms with Gasteiger partial charge in [-0.05, 0) is 11.6 Å². The summed E-state index contributed by atoms with van der Waals surface area (Å²) in [5, 5.41) is 0. The fourth-order valence-corrected chi connectivity index (χ4v) is 1.02. The summed E-state index contributed by atoms with van der Waals surface area (Å²) in [5.41, 5.74) is 0.477. The molecule has 0 N–H and O–H groups in total. The van der Waals surface area contributed by atoms with Gasteiger partial charge in [-0.2, -0.15) is 0 Å². The van der Waals surface area contributed by atoms with Crippen LogP contribution in [0.3, 0.4) is 0 Å². The van der Waals surface area contributed by atoms with Crippen LogP contribution in [0.5, 0.6) is 0 Å². The van der Waals surface area contributed by atoms with Gasteiger partial charge in [0, 0.05) is 11.5 Å². The van der Waals surface area contributed by atoms with Crippen molar-refractivity contribution in [3.63, 3.8) is 0 Å². The van der Waals surface area contributed by atoms with Gasteiger partial charge in [0.25, 0.3) is 6.43 Å². The Morgan fingerprint density at radius 2 is 2.08 bits per heavy atom. The first-order chi connectivity index (χ1) is 6.15. The molecule has 0 saturated heterocycles. The van der Waals surface area contributed by atoms with Crippen LogP contribution in [0.15, 0.2) is 24.3 Å². The Balaban J connectivity index is 2.91. The molecule has 71 valence electrons. The standard InChI is InChI=1S/C10H10F3/c1-7(6-11)8-3-2-4-9(5-8)10(12)13/h2-5,10H,6H2,1H3.